The van der Waals surface area contributed by atoms with Gasteiger partial charge in [0.25, 0.3) is 5.91 Å². The summed E-state index contributed by atoms with van der Waals surface area (Å²) in [6, 6.07) is 13.0. The van der Waals surface area contributed by atoms with Gasteiger partial charge in [0.05, 0.1) is 29.8 Å². The predicted molar refractivity (Wildman–Crippen MR) is 133 cm³/mol. The Labute approximate surface area is 214 Å². The van der Waals surface area contributed by atoms with E-state index in [0.717, 1.165) is 0 Å². The molecule has 0 aliphatic carbocycles. The van der Waals surface area contributed by atoms with Crippen LogP contribution in [0.5, 0.6) is 0 Å². The van der Waals surface area contributed by atoms with E-state index in [0.29, 0.717) is 35.7 Å². The smallest absolute Gasteiger partial charge is 0.321 e. The summed E-state index contributed by atoms with van der Waals surface area (Å²) in [5.41, 5.74) is 1.93. The largest absolute Gasteiger partial charge is 0.464 e. The number of halogens is 1. The summed E-state index contributed by atoms with van der Waals surface area (Å²) in [5.74, 6) is -2.30. The molecule has 37 heavy (non-hydrogen) atoms. The second-order valence-corrected chi connectivity index (χ2v) is 11.5. The van der Waals surface area contributed by atoms with Crippen LogP contribution in [0.25, 0.3) is 11.3 Å². The summed E-state index contributed by atoms with van der Waals surface area (Å²) in [6.45, 7) is 4.72. The van der Waals surface area contributed by atoms with E-state index in [1.54, 1.807) is 44.3 Å². The van der Waals surface area contributed by atoms with E-state index in [9.17, 15) is 22.4 Å². The Kier molecular flexibility index (Phi) is 7.47. The van der Waals surface area contributed by atoms with Crippen molar-refractivity contribution in [1.29, 1.82) is 0 Å². The minimum absolute atomic E-state index is 0.0134. The molecule has 1 aromatic heterocycles. The number of amides is 1. The van der Waals surface area contributed by atoms with Gasteiger partial charge in [0.15, 0.2) is 15.6 Å². The number of carbonyl (C=O) groups excluding carboxylic acids is 2. The molecule has 4 rings (SSSR count). The van der Waals surface area contributed by atoms with Gasteiger partial charge in [0, 0.05) is 18.0 Å². The van der Waals surface area contributed by atoms with Gasteiger partial charge in [0.2, 0.25) is 0 Å². The van der Waals surface area contributed by atoms with Crippen molar-refractivity contribution >= 4 is 21.7 Å². The topological polar surface area (TPSA) is 117 Å². The SMILES string of the molecule is C[C@@H](NC(=O)c1cc(-c2ccc(F)cc2)nn1C)c1ccc(S(=O)(=O)CC(=O)OCC2(C)COC2)cc1. The molecule has 1 saturated heterocycles. The molecule has 11 heteroatoms. The maximum absolute atomic E-state index is 13.2. The number of carbonyl (C=O) groups is 2. The van der Waals surface area contributed by atoms with Crippen LogP contribution in [0, 0.1) is 11.2 Å². The zero-order chi connectivity index (χ0) is 26.8. The van der Waals surface area contributed by atoms with Gasteiger partial charge in [-0.3, -0.25) is 14.3 Å². The molecule has 1 aliphatic heterocycles. The molecule has 0 bridgehead atoms. The van der Waals surface area contributed by atoms with Gasteiger partial charge < -0.3 is 14.8 Å². The molecule has 0 radical (unpaired) electrons. The van der Waals surface area contributed by atoms with E-state index >= 15 is 0 Å². The molecule has 2 aromatic carbocycles. The summed E-state index contributed by atoms with van der Waals surface area (Å²) >= 11 is 0. The highest BCUT2D eigenvalue weighted by molar-refractivity contribution is 7.92. The van der Waals surface area contributed by atoms with Crippen LogP contribution in [-0.4, -0.2) is 55.6 Å². The van der Waals surface area contributed by atoms with Crippen molar-refractivity contribution in [1.82, 2.24) is 15.1 Å². The maximum atomic E-state index is 13.2. The average Bonchev–Trinajstić information content (AvgIpc) is 3.23. The van der Waals surface area contributed by atoms with Crippen LogP contribution in [0.3, 0.4) is 0 Å². The van der Waals surface area contributed by atoms with Crippen LogP contribution in [0.4, 0.5) is 4.39 Å². The number of esters is 1. The van der Waals surface area contributed by atoms with Gasteiger partial charge in [-0.05, 0) is 55.0 Å². The molecule has 196 valence electrons. The fourth-order valence-corrected chi connectivity index (χ4v) is 4.94. The van der Waals surface area contributed by atoms with Crippen molar-refractivity contribution in [3.05, 3.63) is 71.7 Å². The first-order chi connectivity index (χ1) is 17.5. The third-order valence-electron chi connectivity index (χ3n) is 6.13. The zero-order valence-electron chi connectivity index (χ0n) is 20.7. The molecule has 3 aromatic rings. The van der Waals surface area contributed by atoms with E-state index in [2.05, 4.69) is 10.4 Å². The quantitative estimate of drug-likeness (QED) is 0.424. The fourth-order valence-electron chi connectivity index (χ4n) is 3.83. The number of nitrogens with one attached hydrogen (secondary N) is 1. The van der Waals surface area contributed by atoms with E-state index in [1.165, 1.54) is 28.9 Å². The third kappa shape index (κ3) is 6.23. The van der Waals surface area contributed by atoms with Crippen molar-refractivity contribution in [2.24, 2.45) is 12.5 Å². The molecular weight excluding hydrogens is 501 g/mol. The number of nitrogens with zero attached hydrogens (tertiary/aromatic N) is 2. The van der Waals surface area contributed by atoms with Crippen LogP contribution >= 0.6 is 0 Å². The maximum Gasteiger partial charge on any atom is 0.321 e. The number of rotatable bonds is 9. The molecule has 1 fully saturated rings. The summed E-state index contributed by atoms with van der Waals surface area (Å²) < 4.78 is 50.2. The summed E-state index contributed by atoms with van der Waals surface area (Å²) in [4.78, 5) is 24.9. The van der Waals surface area contributed by atoms with Crippen LogP contribution in [-0.2, 0) is 31.2 Å². The highest BCUT2D eigenvalue weighted by Gasteiger charge is 2.35. The van der Waals surface area contributed by atoms with Crippen molar-refractivity contribution in [2.45, 2.75) is 24.8 Å². The van der Waals surface area contributed by atoms with Gasteiger partial charge in [0.1, 0.15) is 18.1 Å². The normalized spacial score (nSPS) is 15.5. The minimum Gasteiger partial charge on any atom is -0.464 e. The predicted octanol–water partition coefficient (Wildman–Crippen LogP) is 3.07. The monoisotopic (exact) mass is 529 g/mol. The van der Waals surface area contributed by atoms with E-state index < -0.39 is 27.6 Å². The molecular formula is C26H28FN3O6S. The number of aromatic nitrogens is 2. The van der Waals surface area contributed by atoms with Gasteiger partial charge in [-0.2, -0.15) is 5.10 Å². The van der Waals surface area contributed by atoms with Crippen LogP contribution in [0.1, 0.15) is 35.9 Å². The van der Waals surface area contributed by atoms with E-state index in [4.69, 9.17) is 9.47 Å². The molecule has 1 atom stereocenters. The van der Waals surface area contributed by atoms with Gasteiger partial charge >= 0.3 is 5.97 Å². The molecule has 2 heterocycles. The average molecular weight is 530 g/mol. The summed E-state index contributed by atoms with van der Waals surface area (Å²) in [6.07, 6.45) is 0. The molecule has 9 nitrogen and oxygen atoms in total. The van der Waals surface area contributed by atoms with Crippen molar-refractivity contribution in [3.63, 3.8) is 0 Å². The molecule has 1 amide bonds. The Hall–Kier alpha value is -3.57. The number of hydrogen-bond donors (Lipinski definition) is 1. The Bertz CT molecular complexity index is 1400. The number of hydrogen-bond acceptors (Lipinski definition) is 7. The van der Waals surface area contributed by atoms with E-state index in [1.807, 2.05) is 6.92 Å². The Morgan fingerprint density at radius 2 is 1.81 bits per heavy atom. The van der Waals surface area contributed by atoms with Gasteiger partial charge in [-0.15, -0.1) is 0 Å². The van der Waals surface area contributed by atoms with Crippen LogP contribution in [0.15, 0.2) is 59.5 Å². The second kappa shape index (κ2) is 10.4. The molecule has 1 N–H and O–H groups in total. The lowest BCUT2D eigenvalue weighted by Crippen LogP contribution is -2.44. The fraction of sp³-hybridized carbons (Fsp3) is 0.346. The highest BCUT2D eigenvalue weighted by atomic mass is 32.2. The standard InChI is InChI=1S/C26H28FN3O6S/c1-17(28-25(32)23-12-22(29-30(23)3)19-4-8-20(27)9-5-19)18-6-10-21(11-7-18)37(33,34)13-24(31)36-16-26(2)14-35-15-26/h4-12,17H,13-16H2,1-3H3,(H,28,32)/t17-/m1/s1. The third-order valence-corrected chi connectivity index (χ3v) is 7.74. The lowest BCUT2D eigenvalue weighted by molar-refractivity contribution is -0.162. The number of ether oxygens (including phenoxy) is 2. The summed E-state index contributed by atoms with van der Waals surface area (Å²) in [7, 11) is -2.25. The summed E-state index contributed by atoms with van der Waals surface area (Å²) in [5, 5.41) is 7.20. The van der Waals surface area contributed by atoms with Crippen molar-refractivity contribution < 1.29 is 31.9 Å². The number of sulfone groups is 1. The van der Waals surface area contributed by atoms with E-state index in [-0.39, 0.29) is 28.6 Å². The zero-order valence-corrected chi connectivity index (χ0v) is 21.5. The first-order valence-electron chi connectivity index (χ1n) is 11.6. The first kappa shape index (κ1) is 26.5. The molecule has 0 spiro atoms. The van der Waals surface area contributed by atoms with Crippen LogP contribution in [0.2, 0.25) is 0 Å². The minimum atomic E-state index is -3.88. The Balaban J connectivity index is 1.37. The van der Waals surface area contributed by atoms with Crippen molar-refractivity contribution in [3.8, 4) is 11.3 Å². The Morgan fingerprint density at radius 1 is 1.16 bits per heavy atom. The number of aryl methyl sites for hydroxylation is 1. The number of benzene rings is 2. The van der Waals surface area contributed by atoms with Gasteiger partial charge in [-0.1, -0.05) is 19.1 Å². The van der Waals surface area contributed by atoms with Crippen molar-refractivity contribution in [2.75, 3.05) is 25.6 Å². The lowest BCUT2D eigenvalue weighted by Gasteiger charge is -2.37. The van der Waals surface area contributed by atoms with Crippen LogP contribution < -0.4 is 5.32 Å². The van der Waals surface area contributed by atoms with Gasteiger partial charge in [-0.25, -0.2) is 12.8 Å². The second-order valence-electron chi connectivity index (χ2n) is 9.53. The molecule has 0 saturated carbocycles. The molecule has 0 unspecified atom stereocenters. The molecule has 1 aliphatic rings. The lowest BCUT2D eigenvalue weighted by atomic mass is 9.90. The Morgan fingerprint density at radius 3 is 2.41 bits per heavy atom. The highest BCUT2D eigenvalue weighted by Crippen LogP contribution is 2.27. The first-order valence-corrected chi connectivity index (χ1v) is 13.3.